The standard InChI is InChI=1S/C54H38N4OS/c1-54(2,3)35-28-29-55-48(30-35)57-45-32-37(23-25-40(45)41-26-27-47-49(52(41)57)42-19-11-13-21-46(42)60-47)59-36-22-24-38-39-18-10-12-20-44(39)58-51(34-16-8-5-9-17-34)50(33-14-6-4-7-15-33)56-53(58)43(38)31-36/h4-32H,1-3H3/p+1. The summed E-state index contributed by atoms with van der Waals surface area (Å²) in [7, 11) is 0. The van der Waals surface area contributed by atoms with Crippen LogP contribution in [0.25, 0.3) is 97.6 Å². The van der Waals surface area contributed by atoms with Gasteiger partial charge in [-0.2, -0.15) is 4.40 Å². The number of H-pyrrole nitrogens is 1. The number of thiophene rings is 1. The van der Waals surface area contributed by atoms with Crippen molar-refractivity contribution < 1.29 is 9.14 Å². The first-order valence-electron chi connectivity index (χ1n) is 20.5. The zero-order valence-corrected chi connectivity index (χ0v) is 34.2. The fourth-order valence-electron chi connectivity index (χ4n) is 9.22. The molecule has 0 amide bonds. The van der Waals surface area contributed by atoms with Gasteiger partial charge < -0.3 is 4.74 Å². The fourth-order valence-corrected chi connectivity index (χ4v) is 10.3. The van der Waals surface area contributed by atoms with Crippen LogP contribution in [0.5, 0.6) is 11.5 Å². The summed E-state index contributed by atoms with van der Waals surface area (Å²) in [6.45, 7) is 6.77. The molecule has 0 aliphatic heterocycles. The number of aromatic amines is 1. The Morgan fingerprint density at radius 2 is 1.27 bits per heavy atom. The number of aromatic nitrogens is 4. The number of imidazole rings is 1. The van der Waals surface area contributed by atoms with Crippen LogP contribution >= 0.6 is 11.3 Å². The number of fused-ring (bicyclic) bond motifs is 13. The highest BCUT2D eigenvalue weighted by atomic mass is 32.1. The van der Waals surface area contributed by atoms with E-state index in [0.717, 1.165) is 72.7 Å². The molecule has 7 aromatic carbocycles. The zero-order valence-electron chi connectivity index (χ0n) is 33.4. The van der Waals surface area contributed by atoms with Gasteiger partial charge in [-0.05, 0) is 71.6 Å². The van der Waals surface area contributed by atoms with E-state index in [4.69, 9.17) is 9.72 Å². The molecule has 0 atom stereocenters. The third-order valence-corrected chi connectivity index (χ3v) is 13.2. The van der Waals surface area contributed by atoms with Crippen LogP contribution in [0.3, 0.4) is 0 Å². The Bertz CT molecular complexity index is 3670. The van der Waals surface area contributed by atoms with Gasteiger partial charge in [-0.15, -0.1) is 11.3 Å². The Balaban J connectivity index is 1.08. The molecule has 0 unspecified atom stereocenters. The molecular weight excluding hydrogens is 753 g/mol. The second-order valence-electron chi connectivity index (χ2n) is 16.7. The van der Waals surface area contributed by atoms with Crippen LogP contribution in [0.2, 0.25) is 0 Å². The number of hydrogen-bond donors (Lipinski definition) is 1. The van der Waals surface area contributed by atoms with Crippen molar-refractivity contribution >= 4 is 80.6 Å². The third kappa shape index (κ3) is 5.31. The Hall–Kier alpha value is -7.28. The second-order valence-corrected chi connectivity index (χ2v) is 17.8. The summed E-state index contributed by atoms with van der Waals surface area (Å²) >= 11 is 1.84. The van der Waals surface area contributed by atoms with Gasteiger partial charge in [0.05, 0.1) is 16.4 Å². The van der Waals surface area contributed by atoms with E-state index in [2.05, 4.69) is 205 Å². The van der Waals surface area contributed by atoms with Crippen LogP contribution in [0, 0.1) is 0 Å². The van der Waals surface area contributed by atoms with Crippen molar-refractivity contribution in [1.29, 1.82) is 0 Å². The van der Waals surface area contributed by atoms with E-state index in [1.165, 1.54) is 42.0 Å². The maximum Gasteiger partial charge on any atom is 0.293 e. The summed E-state index contributed by atoms with van der Waals surface area (Å²) in [4.78, 5) is 8.95. The van der Waals surface area contributed by atoms with Crippen LogP contribution in [0.15, 0.2) is 176 Å². The first-order valence-corrected chi connectivity index (χ1v) is 21.3. The summed E-state index contributed by atoms with van der Waals surface area (Å²) in [5.41, 5.74) is 10.0. The molecule has 0 radical (unpaired) electrons. The van der Waals surface area contributed by atoms with Crippen LogP contribution < -0.4 is 9.14 Å². The minimum Gasteiger partial charge on any atom is -0.457 e. The Kier molecular flexibility index (Phi) is 7.59. The molecule has 5 nitrogen and oxygen atoms in total. The van der Waals surface area contributed by atoms with Crippen LogP contribution in [0.1, 0.15) is 26.3 Å². The van der Waals surface area contributed by atoms with Crippen LogP contribution in [0.4, 0.5) is 0 Å². The number of para-hydroxylation sites is 1. The maximum absolute atomic E-state index is 6.91. The lowest BCUT2D eigenvalue weighted by atomic mass is 9.88. The highest BCUT2D eigenvalue weighted by Crippen LogP contribution is 2.44. The molecule has 0 saturated heterocycles. The molecule has 6 heteroatoms. The lowest BCUT2D eigenvalue weighted by molar-refractivity contribution is -0.465. The number of hydrogen-bond acceptors (Lipinski definition) is 3. The summed E-state index contributed by atoms with van der Waals surface area (Å²) in [6, 6.07) is 60.6. The SMILES string of the molecule is CC(C)(C)c1ccnc(-n2c3cc(Oc4ccc5c6ccccc6[n+]6c(-c7ccccc7)c(-c7ccccc7)[nH]c6c5c4)ccc3c3ccc4sc5ccccc5c4c32)c1. The van der Waals surface area contributed by atoms with E-state index in [1.54, 1.807) is 0 Å². The lowest BCUT2D eigenvalue weighted by Gasteiger charge is -2.20. The first-order chi connectivity index (χ1) is 29.4. The minimum absolute atomic E-state index is 0.0386. The van der Waals surface area contributed by atoms with Gasteiger partial charge in [-0.3, -0.25) is 4.57 Å². The first kappa shape index (κ1) is 34.7. The highest BCUT2D eigenvalue weighted by Gasteiger charge is 2.28. The maximum atomic E-state index is 6.91. The number of ether oxygens (including phenoxy) is 1. The van der Waals surface area contributed by atoms with Crippen molar-refractivity contribution in [2.45, 2.75) is 26.2 Å². The van der Waals surface area contributed by atoms with Gasteiger partial charge in [-0.1, -0.05) is 124 Å². The fraction of sp³-hybridized carbons (Fsp3) is 0.0741. The normalized spacial score (nSPS) is 12.2. The highest BCUT2D eigenvalue weighted by molar-refractivity contribution is 7.26. The number of nitrogens with zero attached hydrogens (tertiary/aromatic N) is 3. The largest absolute Gasteiger partial charge is 0.457 e. The van der Waals surface area contributed by atoms with E-state index >= 15 is 0 Å². The van der Waals surface area contributed by atoms with E-state index in [9.17, 15) is 0 Å². The minimum atomic E-state index is -0.0386. The molecule has 5 aromatic heterocycles. The van der Waals surface area contributed by atoms with E-state index < -0.39 is 0 Å². The Labute approximate surface area is 350 Å². The predicted octanol–water partition coefficient (Wildman–Crippen LogP) is 14.3. The van der Waals surface area contributed by atoms with Crippen molar-refractivity contribution in [3.63, 3.8) is 0 Å². The average Bonchev–Trinajstić information content (AvgIpc) is 3.97. The van der Waals surface area contributed by atoms with Crippen molar-refractivity contribution in [3.8, 4) is 39.8 Å². The molecule has 0 fully saturated rings. The molecule has 60 heavy (non-hydrogen) atoms. The topological polar surface area (TPSA) is 46.9 Å². The summed E-state index contributed by atoms with van der Waals surface area (Å²) in [5, 5.41) is 8.29. The van der Waals surface area contributed by atoms with Gasteiger partial charge in [0.1, 0.15) is 22.8 Å². The van der Waals surface area contributed by atoms with E-state index in [0.29, 0.717) is 0 Å². The summed E-state index contributed by atoms with van der Waals surface area (Å²) < 4.78 is 14.2. The number of nitrogens with one attached hydrogen (secondary N) is 1. The monoisotopic (exact) mass is 791 g/mol. The zero-order chi connectivity index (χ0) is 40.1. The third-order valence-electron chi connectivity index (χ3n) is 12.0. The molecule has 0 aliphatic rings. The Morgan fingerprint density at radius 3 is 2.07 bits per heavy atom. The van der Waals surface area contributed by atoms with Gasteiger partial charge in [-0.25, -0.2) is 9.97 Å². The van der Waals surface area contributed by atoms with Gasteiger partial charge in [0.15, 0.2) is 11.4 Å². The molecule has 286 valence electrons. The molecule has 12 rings (SSSR count). The average molecular weight is 792 g/mol. The number of benzene rings is 7. The van der Waals surface area contributed by atoms with Gasteiger partial charge >= 0.3 is 0 Å². The number of rotatable bonds is 5. The molecule has 0 spiro atoms. The van der Waals surface area contributed by atoms with Gasteiger partial charge in [0, 0.05) is 65.1 Å². The van der Waals surface area contributed by atoms with Crippen LogP contribution in [-0.4, -0.2) is 14.5 Å². The van der Waals surface area contributed by atoms with Crippen molar-refractivity contribution in [3.05, 3.63) is 182 Å². The van der Waals surface area contributed by atoms with Crippen molar-refractivity contribution in [2.75, 3.05) is 0 Å². The van der Waals surface area contributed by atoms with E-state index in [-0.39, 0.29) is 5.41 Å². The molecule has 0 bridgehead atoms. The van der Waals surface area contributed by atoms with E-state index in [1.807, 2.05) is 17.5 Å². The summed E-state index contributed by atoms with van der Waals surface area (Å²) in [5.74, 6) is 2.42. The molecule has 0 aliphatic carbocycles. The van der Waals surface area contributed by atoms with Gasteiger partial charge in [0.25, 0.3) is 5.65 Å². The quantitative estimate of drug-likeness (QED) is 0.139. The molecule has 12 aromatic rings. The molecule has 1 N–H and O–H groups in total. The summed E-state index contributed by atoms with van der Waals surface area (Å²) in [6.07, 6.45) is 1.95. The number of pyridine rings is 2. The van der Waals surface area contributed by atoms with Crippen LogP contribution in [-0.2, 0) is 5.41 Å². The predicted molar refractivity (Wildman–Crippen MR) is 250 cm³/mol. The lowest BCUT2D eigenvalue weighted by Crippen LogP contribution is -2.24. The second kappa shape index (κ2) is 13.1. The molecule has 0 saturated carbocycles. The van der Waals surface area contributed by atoms with Crippen molar-refractivity contribution in [1.82, 2.24) is 14.5 Å². The smallest absolute Gasteiger partial charge is 0.293 e. The molecule has 5 heterocycles. The van der Waals surface area contributed by atoms with Gasteiger partial charge in [0.2, 0.25) is 0 Å². The van der Waals surface area contributed by atoms with Crippen molar-refractivity contribution in [2.24, 2.45) is 0 Å². The Morgan fingerprint density at radius 1 is 0.583 bits per heavy atom. The molecular formula is C54H39N4OS+.